The molecule has 0 aliphatic carbocycles. The number of benzene rings is 2. The molecule has 140 valence electrons. The molecule has 0 spiro atoms. The van der Waals surface area contributed by atoms with E-state index in [1.54, 1.807) is 24.3 Å². The van der Waals surface area contributed by atoms with Gasteiger partial charge in [0.2, 0.25) is 5.91 Å². The molecule has 2 N–H and O–H groups in total. The molecule has 1 aliphatic rings. The van der Waals surface area contributed by atoms with Crippen LogP contribution in [0.25, 0.3) is 0 Å². The van der Waals surface area contributed by atoms with Crippen LogP contribution in [0.3, 0.4) is 0 Å². The van der Waals surface area contributed by atoms with Crippen molar-refractivity contribution in [2.24, 2.45) is 0 Å². The molecule has 27 heavy (non-hydrogen) atoms. The van der Waals surface area contributed by atoms with Crippen molar-refractivity contribution < 1.29 is 14.4 Å². The SMILES string of the molecule is Cc1ccc(C)c([C@H](C)NC(=O)c2ccccc2CN2C(=O)CNC2=O)c1. The average molecular weight is 365 g/mol. The fourth-order valence-corrected chi connectivity index (χ4v) is 3.24. The molecule has 1 fully saturated rings. The van der Waals surface area contributed by atoms with Crippen LogP contribution in [0.2, 0.25) is 0 Å². The van der Waals surface area contributed by atoms with Crippen LogP contribution in [0, 0.1) is 13.8 Å². The summed E-state index contributed by atoms with van der Waals surface area (Å²) in [5, 5.41) is 5.52. The Morgan fingerprint density at radius 1 is 1.19 bits per heavy atom. The third kappa shape index (κ3) is 4.00. The maximum atomic E-state index is 12.9. The molecular weight excluding hydrogens is 342 g/mol. The number of hydrogen-bond acceptors (Lipinski definition) is 3. The third-order valence-electron chi connectivity index (χ3n) is 4.78. The first-order valence-corrected chi connectivity index (χ1v) is 8.91. The summed E-state index contributed by atoms with van der Waals surface area (Å²) in [7, 11) is 0. The molecule has 6 nitrogen and oxygen atoms in total. The van der Waals surface area contributed by atoms with Gasteiger partial charge in [-0.25, -0.2) is 4.79 Å². The smallest absolute Gasteiger partial charge is 0.324 e. The van der Waals surface area contributed by atoms with Crippen LogP contribution in [0.1, 0.15) is 45.6 Å². The molecule has 0 unspecified atom stereocenters. The van der Waals surface area contributed by atoms with Crippen molar-refractivity contribution in [1.82, 2.24) is 15.5 Å². The second kappa shape index (κ2) is 7.61. The first-order chi connectivity index (χ1) is 12.9. The molecule has 2 aromatic rings. The molecule has 4 amide bonds. The number of rotatable bonds is 5. The van der Waals surface area contributed by atoms with E-state index in [-0.39, 0.29) is 30.9 Å². The van der Waals surface area contributed by atoms with Crippen LogP contribution in [0.4, 0.5) is 4.79 Å². The van der Waals surface area contributed by atoms with Gasteiger partial charge in [0.25, 0.3) is 5.91 Å². The Kier molecular flexibility index (Phi) is 5.26. The summed E-state index contributed by atoms with van der Waals surface area (Å²) in [6, 6.07) is 12.6. The van der Waals surface area contributed by atoms with Gasteiger partial charge in [0.05, 0.1) is 19.1 Å². The molecule has 1 heterocycles. The summed E-state index contributed by atoms with van der Waals surface area (Å²) in [5.41, 5.74) is 4.40. The quantitative estimate of drug-likeness (QED) is 0.800. The van der Waals surface area contributed by atoms with Crippen molar-refractivity contribution in [1.29, 1.82) is 0 Å². The fourth-order valence-electron chi connectivity index (χ4n) is 3.24. The van der Waals surface area contributed by atoms with Crippen LogP contribution in [0.15, 0.2) is 42.5 Å². The predicted molar refractivity (Wildman–Crippen MR) is 102 cm³/mol. The maximum absolute atomic E-state index is 12.9. The lowest BCUT2D eigenvalue weighted by atomic mass is 9.99. The van der Waals surface area contributed by atoms with Gasteiger partial charge in [-0.3, -0.25) is 14.5 Å². The molecule has 1 atom stereocenters. The first kappa shape index (κ1) is 18.6. The molecule has 2 aromatic carbocycles. The monoisotopic (exact) mass is 365 g/mol. The lowest BCUT2D eigenvalue weighted by molar-refractivity contribution is -0.125. The standard InChI is InChI=1S/C21H23N3O3/c1-13-8-9-14(2)18(10-13)15(3)23-20(26)17-7-5-4-6-16(17)12-24-19(25)11-22-21(24)27/h4-10,15H,11-12H2,1-3H3,(H,22,27)(H,23,26)/t15-/m0/s1. The zero-order valence-corrected chi connectivity index (χ0v) is 15.7. The van der Waals surface area contributed by atoms with E-state index >= 15 is 0 Å². The Morgan fingerprint density at radius 3 is 2.63 bits per heavy atom. The zero-order chi connectivity index (χ0) is 19.6. The molecule has 0 bridgehead atoms. The van der Waals surface area contributed by atoms with Crippen LogP contribution in [0.5, 0.6) is 0 Å². The lowest BCUT2D eigenvalue weighted by Crippen LogP contribution is -2.32. The minimum absolute atomic E-state index is 0.00311. The van der Waals surface area contributed by atoms with Crippen molar-refractivity contribution in [2.45, 2.75) is 33.4 Å². The number of aryl methyl sites for hydroxylation is 2. The van der Waals surface area contributed by atoms with E-state index in [0.29, 0.717) is 11.1 Å². The molecule has 0 radical (unpaired) electrons. The Labute approximate surface area is 158 Å². The number of nitrogens with one attached hydrogen (secondary N) is 2. The number of amides is 4. The lowest BCUT2D eigenvalue weighted by Gasteiger charge is -2.19. The van der Waals surface area contributed by atoms with Crippen LogP contribution >= 0.6 is 0 Å². The Morgan fingerprint density at radius 2 is 1.93 bits per heavy atom. The second-order valence-corrected chi connectivity index (χ2v) is 6.85. The van der Waals surface area contributed by atoms with Gasteiger partial charge in [0.15, 0.2) is 0 Å². The van der Waals surface area contributed by atoms with E-state index in [2.05, 4.69) is 16.7 Å². The normalized spacial score (nSPS) is 14.9. The number of hydrogen-bond donors (Lipinski definition) is 2. The van der Waals surface area contributed by atoms with Crippen molar-refractivity contribution >= 4 is 17.8 Å². The summed E-state index contributed by atoms with van der Waals surface area (Å²) in [5.74, 6) is -0.523. The van der Waals surface area contributed by atoms with Crippen molar-refractivity contribution in [3.05, 3.63) is 70.3 Å². The number of urea groups is 1. The maximum Gasteiger partial charge on any atom is 0.324 e. The highest BCUT2D eigenvalue weighted by atomic mass is 16.2. The molecule has 1 aliphatic heterocycles. The van der Waals surface area contributed by atoms with Gasteiger partial charge in [0, 0.05) is 5.56 Å². The van der Waals surface area contributed by atoms with Crippen molar-refractivity contribution in [3.63, 3.8) is 0 Å². The van der Waals surface area contributed by atoms with Gasteiger partial charge < -0.3 is 10.6 Å². The summed E-state index contributed by atoms with van der Waals surface area (Å²) in [4.78, 5) is 37.6. The molecule has 3 rings (SSSR count). The van der Waals surface area contributed by atoms with E-state index in [0.717, 1.165) is 21.6 Å². The van der Waals surface area contributed by atoms with Crippen molar-refractivity contribution in [3.8, 4) is 0 Å². The number of nitrogens with zero attached hydrogens (tertiary/aromatic N) is 1. The van der Waals surface area contributed by atoms with Gasteiger partial charge in [-0.15, -0.1) is 0 Å². The highest BCUT2D eigenvalue weighted by Crippen LogP contribution is 2.20. The first-order valence-electron chi connectivity index (χ1n) is 8.91. The van der Waals surface area contributed by atoms with Gasteiger partial charge >= 0.3 is 6.03 Å². The Hall–Kier alpha value is -3.15. The van der Waals surface area contributed by atoms with E-state index in [9.17, 15) is 14.4 Å². The van der Waals surface area contributed by atoms with E-state index in [4.69, 9.17) is 0 Å². The number of imide groups is 1. The molecular formula is C21H23N3O3. The highest BCUT2D eigenvalue weighted by molar-refractivity contribution is 6.02. The van der Waals surface area contributed by atoms with Crippen LogP contribution in [-0.2, 0) is 11.3 Å². The summed E-state index contributed by atoms with van der Waals surface area (Å²) < 4.78 is 0. The second-order valence-electron chi connectivity index (χ2n) is 6.85. The topological polar surface area (TPSA) is 78.5 Å². The van der Waals surface area contributed by atoms with Gasteiger partial charge in [-0.1, -0.05) is 42.0 Å². The third-order valence-corrected chi connectivity index (χ3v) is 4.78. The number of carbonyl (C=O) groups is 3. The zero-order valence-electron chi connectivity index (χ0n) is 15.7. The Balaban J connectivity index is 1.80. The van der Waals surface area contributed by atoms with Gasteiger partial charge in [-0.2, -0.15) is 0 Å². The average Bonchev–Trinajstić information content (AvgIpc) is 2.96. The summed E-state index contributed by atoms with van der Waals surface area (Å²) in [6.07, 6.45) is 0. The van der Waals surface area contributed by atoms with E-state index in [1.165, 1.54) is 0 Å². The molecule has 0 saturated carbocycles. The summed E-state index contributed by atoms with van der Waals surface area (Å²) >= 11 is 0. The largest absolute Gasteiger partial charge is 0.345 e. The van der Waals surface area contributed by atoms with Crippen molar-refractivity contribution in [2.75, 3.05) is 6.54 Å². The Bertz CT molecular complexity index is 891. The number of carbonyl (C=O) groups excluding carboxylic acids is 3. The molecule has 1 saturated heterocycles. The molecule has 0 aromatic heterocycles. The fraction of sp³-hybridized carbons (Fsp3) is 0.286. The molecule has 6 heteroatoms. The summed E-state index contributed by atoms with van der Waals surface area (Å²) in [6.45, 7) is 6.05. The van der Waals surface area contributed by atoms with Crippen LogP contribution < -0.4 is 10.6 Å². The van der Waals surface area contributed by atoms with Crippen LogP contribution in [-0.4, -0.2) is 29.3 Å². The minimum Gasteiger partial charge on any atom is -0.345 e. The van der Waals surface area contributed by atoms with E-state index in [1.807, 2.05) is 32.9 Å². The minimum atomic E-state index is -0.432. The highest BCUT2D eigenvalue weighted by Gasteiger charge is 2.29. The predicted octanol–water partition coefficient (Wildman–Crippen LogP) is 2.85. The van der Waals surface area contributed by atoms with E-state index < -0.39 is 6.03 Å². The van der Waals surface area contributed by atoms with Gasteiger partial charge in [0.1, 0.15) is 0 Å². The van der Waals surface area contributed by atoms with Gasteiger partial charge in [-0.05, 0) is 43.5 Å².